The molecule has 0 radical (unpaired) electrons. The van der Waals surface area contributed by atoms with E-state index >= 15 is 0 Å². The van der Waals surface area contributed by atoms with Gasteiger partial charge >= 0.3 is 0 Å². The Balaban J connectivity index is 0.00000247. The average molecular weight is 519 g/mol. The highest BCUT2D eigenvalue weighted by atomic mass is 16.5. The van der Waals surface area contributed by atoms with Crippen molar-refractivity contribution in [3.8, 4) is 17.3 Å². The summed E-state index contributed by atoms with van der Waals surface area (Å²) in [5, 5.41) is 23.6. The number of morpholine rings is 1. The predicted molar refractivity (Wildman–Crippen MR) is 155 cm³/mol. The molecule has 0 aliphatic carbocycles. The zero-order valence-electron chi connectivity index (χ0n) is 23.7. The van der Waals surface area contributed by atoms with Crippen LogP contribution in [0.15, 0.2) is 47.7 Å². The van der Waals surface area contributed by atoms with Gasteiger partial charge in [0, 0.05) is 49.4 Å². The van der Waals surface area contributed by atoms with Crippen LogP contribution in [0.2, 0.25) is 0 Å². The Morgan fingerprint density at radius 2 is 1.92 bits per heavy atom. The fourth-order valence-corrected chi connectivity index (χ4v) is 4.22. The first kappa shape index (κ1) is 30.6. The van der Waals surface area contributed by atoms with Crippen LogP contribution in [0.25, 0.3) is 30.0 Å². The smallest absolute Gasteiger partial charge is 0.262 e. The van der Waals surface area contributed by atoms with E-state index in [4.69, 9.17) is 4.74 Å². The number of rotatable bonds is 8. The standard InChI is InChI=1S/C29H36N4O3.C2H6/c1-6-25(33-12-15-36-16-13-33)18-22-7-8-23(17-21(22)2)27-10-9-26(32(27)5)19-24(20-30)28(35)31-29(3,4)11-14-34;1-2/h6-10,17-19,34H,2,11-16H2,1,3-5H3,(H,31,35);1-2H3/b22-18-,24-19+,25-6+;. The van der Waals surface area contributed by atoms with Crippen molar-refractivity contribution < 1.29 is 14.6 Å². The third kappa shape index (κ3) is 7.95. The molecule has 2 aromatic rings. The monoisotopic (exact) mass is 518 g/mol. The van der Waals surface area contributed by atoms with Gasteiger partial charge in [-0.25, -0.2) is 0 Å². The van der Waals surface area contributed by atoms with Crippen molar-refractivity contribution in [3.63, 3.8) is 0 Å². The van der Waals surface area contributed by atoms with Crippen molar-refractivity contribution in [3.05, 3.63) is 63.8 Å². The van der Waals surface area contributed by atoms with E-state index in [2.05, 4.69) is 47.1 Å². The third-order valence-electron chi connectivity index (χ3n) is 6.42. The number of nitriles is 1. The molecule has 7 heteroatoms. The molecule has 1 amide bonds. The number of aliphatic hydroxyl groups excluding tert-OH is 1. The molecule has 0 saturated carbocycles. The SMILES string of the molecule is C=c1cc(-c2ccc(/C=C(\C#N)C(=O)NC(C)(C)CCO)n2C)cc/c1=C/C(=C\C)N1CCOCC1.CC. The summed E-state index contributed by atoms with van der Waals surface area (Å²) in [6.07, 6.45) is 6.26. The van der Waals surface area contributed by atoms with Crippen LogP contribution < -0.4 is 15.8 Å². The highest BCUT2D eigenvalue weighted by Gasteiger charge is 2.22. The molecule has 1 aliphatic rings. The zero-order chi connectivity index (χ0) is 28.3. The molecule has 38 heavy (non-hydrogen) atoms. The first-order valence-corrected chi connectivity index (χ1v) is 13.2. The van der Waals surface area contributed by atoms with Crippen LogP contribution in [-0.4, -0.2) is 58.9 Å². The minimum absolute atomic E-state index is 0.0126. The molecule has 1 saturated heterocycles. The number of aromatic nitrogens is 1. The average Bonchev–Trinajstić information content (AvgIpc) is 3.27. The van der Waals surface area contributed by atoms with Crippen molar-refractivity contribution in [1.29, 1.82) is 5.26 Å². The highest BCUT2D eigenvalue weighted by molar-refractivity contribution is 6.02. The second-order valence-corrected chi connectivity index (χ2v) is 9.55. The molecule has 0 spiro atoms. The molecular weight excluding hydrogens is 476 g/mol. The van der Waals surface area contributed by atoms with Crippen LogP contribution in [0.4, 0.5) is 0 Å². The largest absolute Gasteiger partial charge is 0.396 e. The summed E-state index contributed by atoms with van der Waals surface area (Å²) < 4.78 is 7.42. The van der Waals surface area contributed by atoms with Crippen molar-refractivity contribution >= 4 is 24.6 Å². The van der Waals surface area contributed by atoms with E-state index in [-0.39, 0.29) is 12.2 Å². The summed E-state index contributed by atoms with van der Waals surface area (Å²) in [6.45, 7) is 17.1. The van der Waals surface area contributed by atoms with Crippen LogP contribution in [0.3, 0.4) is 0 Å². The van der Waals surface area contributed by atoms with Crippen molar-refractivity contribution in [2.45, 2.75) is 46.6 Å². The van der Waals surface area contributed by atoms with E-state index in [0.717, 1.165) is 59.4 Å². The van der Waals surface area contributed by atoms with Gasteiger partial charge in [0.2, 0.25) is 0 Å². The Morgan fingerprint density at radius 1 is 1.24 bits per heavy atom. The lowest BCUT2D eigenvalue weighted by Crippen LogP contribution is -2.44. The summed E-state index contributed by atoms with van der Waals surface area (Å²) in [5.41, 5.74) is 3.25. The molecule has 7 nitrogen and oxygen atoms in total. The van der Waals surface area contributed by atoms with Gasteiger partial charge in [0.05, 0.1) is 13.2 Å². The van der Waals surface area contributed by atoms with E-state index in [1.165, 1.54) is 0 Å². The quantitative estimate of drug-likeness (QED) is 0.413. The van der Waals surface area contributed by atoms with Gasteiger partial charge in [-0.3, -0.25) is 4.79 Å². The lowest BCUT2D eigenvalue weighted by Gasteiger charge is -2.29. The predicted octanol–water partition coefficient (Wildman–Crippen LogP) is 3.33. The van der Waals surface area contributed by atoms with Crippen LogP contribution in [0.1, 0.15) is 46.7 Å². The van der Waals surface area contributed by atoms with E-state index in [0.29, 0.717) is 6.42 Å². The van der Waals surface area contributed by atoms with Gasteiger partial charge in [0.25, 0.3) is 5.91 Å². The number of carbonyl (C=O) groups excluding carboxylic acids is 1. The molecular formula is C31H42N4O3. The number of hydrogen-bond donors (Lipinski definition) is 2. The Labute approximate surface area is 227 Å². The number of amides is 1. The van der Waals surface area contributed by atoms with Gasteiger partial charge in [-0.05, 0) is 73.5 Å². The molecule has 0 bridgehead atoms. The number of allylic oxidation sites excluding steroid dienone is 2. The third-order valence-corrected chi connectivity index (χ3v) is 6.42. The van der Waals surface area contributed by atoms with Crippen LogP contribution in [0.5, 0.6) is 0 Å². The molecule has 0 unspecified atom stereocenters. The maximum absolute atomic E-state index is 12.6. The van der Waals surface area contributed by atoms with Gasteiger partial charge in [-0.2, -0.15) is 5.26 Å². The first-order valence-electron chi connectivity index (χ1n) is 13.2. The lowest BCUT2D eigenvalue weighted by molar-refractivity contribution is -0.118. The lowest BCUT2D eigenvalue weighted by atomic mass is 10.0. The minimum Gasteiger partial charge on any atom is -0.396 e. The summed E-state index contributed by atoms with van der Waals surface area (Å²) in [6, 6.07) is 12.0. The van der Waals surface area contributed by atoms with Gasteiger partial charge in [-0.1, -0.05) is 38.6 Å². The number of aliphatic hydroxyl groups is 1. The Morgan fingerprint density at radius 3 is 2.50 bits per heavy atom. The van der Waals surface area contributed by atoms with Crippen LogP contribution in [0, 0.1) is 11.3 Å². The fourth-order valence-electron chi connectivity index (χ4n) is 4.22. The molecule has 2 heterocycles. The Hall–Kier alpha value is -3.60. The summed E-state index contributed by atoms with van der Waals surface area (Å²) >= 11 is 0. The van der Waals surface area contributed by atoms with Crippen molar-refractivity contribution in [1.82, 2.24) is 14.8 Å². The summed E-state index contributed by atoms with van der Waals surface area (Å²) in [4.78, 5) is 15.0. The van der Waals surface area contributed by atoms with Gasteiger partial charge < -0.3 is 24.6 Å². The van der Waals surface area contributed by atoms with Gasteiger partial charge in [0.1, 0.15) is 11.6 Å². The molecule has 1 aliphatic heterocycles. The molecule has 3 rings (SSSR count). The molecule has 204 valence electrons. The second-order valence-electron chi connectivity index (χ2n) is 9.55. The zero-order valence-corrected chi connectivity index (χ0v) is 23.7. The minimum atomic E-state index is -0.612. The number of carbonyl (C=O) groups is 1. The Kier molecular flexibility index (Phi) is 11.6. The number of hydrogen-bond acceptors (Lipinski definition) is 5. The van der Waals surface area contributed by atoms with Crippen LogP contribution in [-0.2, 0) is 16.6 Å². The second kappa shape index (κ2) is 14.4. The highest BCUT2D eigenvalue weighted by Crippen LogP contribution is 2.22. The van der Waals surface area contributed by atoms with Gasteiger partial charge in [-0.15, -0.1) is 0 Å². The van der Waals surface area contributed by atoms with E-state index in [1.807, 2.05) is 64.4 Å². The Bertz CT molecular complexity index is 1310. The number of nitrogens with one attached hydrogen (secondary N) is 1. The van der Waals surface area contributed by atoms with Crippen LogP contribution >= 0.6 is 0 Å². The molecule has 1 fully saturated rings. The molecule has 2 N–H and O–H groups in total. The van der Waals surface area contributed by atoms with Gasteiger partial charge in [0.15, 0.2) is 0 Å². The van der Waals surface area contributed by atoms with Crippen molar-refractivity contribution in [2.75, 3.05) is 32.9 Å². The number of benzene rings is 1. The molecule has 1 aromatic carbocycles. The molecule has 1 aromatic heterocycles. The van der Waals surface area contributed by atoms with Crippen molar-refractivity contribution in [2.24, 2.45) is 7.05 Å². The summed E-state index contributed by atoms with van der Waals surface area (Å²) in [7, 11) is 1.91. The fraction of sp³-hybridized carbons (Fsp3) is 0.419. The number of ether oxygens (including phenoxy) is 1. The normalized spacial score (nSPS) is 15.0. The van der Waals surface area contributed by atoms with E-state index in [9.17, 15) is 15.2 Å². The first-order chi connectivity index (χ1) is 18.2. The summed E-state index contributed by atoms with van der Waals surface area (Å²) in [5.74, 6) is -0.460. The topological polar surface area (TPSA) is 90.5 Å². The van der Waals surface area contributed by atoms with E-state index < -0.39 is 11.4 Å². The number of nitrogens with zero attached hydrogens (tertiary/aromatic N) is 3. The van der Waals surface area contributed by atoms with E-state index in [1.54, 1.807) is 6.08 Å². The maximum Gasteiger partial charge on any atom is 0.262 e. The molecule has 0 atom stereocenters. The maximum atomic E-state index is 12.6.